The third-order valence-electron chi connectivity index (χ3n) is 4.24. The fourth-order valence-electron chi connectivity index (χ4n) is 2.68. The Morgan fingerprint density at radius 1 is 1.57 bits per heavy atom. The first-order chi connectivity index (χ1) is 9.77. The largest absolute Gasteiger partial charge is 0.478 e. The molecule has 0 saturated heterocycles. The van der Waals surface area contributed by atoms with E-state index in [1.54, 1.807) is 0 Å². The number of rotatable bonds is 5. The van der Waals surface area contributed by atoms with Gasteiger partial charge in [0.1, 0.15) is 5.82 Å². The Morgan fingerprint density at radius 2 is 2.24 bits per heavy atom. The van der Waals surface area contributed by atoms with Gasteiger partial charge in [0.2, 0.25) is 0 Å². The lowest BCUT2D eigenvalue weighted by Gasteiger charge is -2.52. The second-order valence-electron chi connectivity index (χ2n) is 5.92. The maximum atomic E-state index is 13.7. The predicted molar refractivity (Wildman–Crippen MR) is 79.0 cm³/mol. The smallest absolute Gasteiger partial charge is 0.338 e. The van der Waals surface area contributed by atoms with Gasteiger partial charge in [0.25, 0.3) is 0 Å². The highest BCUT2D eigenvalue weighted by molar-refractivity contribution is 5.90. The number of benzene rings is 1. The van der Waals surface area contributed by atoms with E-state index in [9.17, 15) is 9.18 Å². The first-order valence-corrected chi connectivity index (χ1v) is 6.97. The van der Waals surface area contributed by atoms with Gasteiger partial charge in [-0.25, -0.2) is 9.18 Å². The Hall–Kier alpha value is -1.82. The minimum absolute atomic E-state index is 0.0929. The van der Waals surface area contributed by atoms with E-state index >= 15 is 0 Å². The van der Waals surface area contributed by atoms with Crippen molar-refractivity contribution in [2.45, 2.75) is 39.3 Å². The molecule has 0 radical (unpaired) electrons. The lowest BCUT2D eigenvalue weighted by Crippen LogP contribution is -2.58. The molecule has 4 N–H and O–H groups in total. The van der Waals surface area contributed by atoms with E-state index in [1.807, 2.05) is 6.92 Å². The van der Waals surface area contributed by atoms with E-state index < -0.39 is 17.3 Å². The number of carbonyl (C=O) groups is 1. The number of ether oxygens (including phenoxy) is 1. The lowest BCUT2D eigenvalue weighted by atomic mass is 9.64. The molecule has 0 bridgehead atoms. The third-order valence-corrected chi connectivity index (χ3v) is 4.24. The number of halogens is 1. The molecule has 1 aromatic carbocycles. The quantitative estimate of drug-likeness (QED) is 0.728. The third kappa shape index (κ3) is 2.81. The van der Waals surface area contributed by atoms with E-state index in [4.69, 9.17) is 15.6 Å². The maximum Gasteiger partial charge on any atom is 0.338 e. The average molecular weight is 296 g/mol. The first kappa shape index (κ1) is 15.6. The van der Waals surface area contributed by atoms with Crippen molar-refractivity contribution < 1.29 is 19.0 Å². The van der Waals surface area contributed by atoms with Gasteiger partial charge in [-0.05, 0) is 25.5 Å². The molecule has 1 aromatic rings. The lowest BCUT2D eigenvalue weighted by molar-refractivity contribution is -0.0975. The zero-order valence-electron chi connectivity index (χ0n) is 12.4. The number of aromatic carboxylic acids is 1. The SMILES string of the molecule is CCOC1CC(Nc2cc(F)c(C(=O)O)cc2N)C1(C)C. The highest BCUT2D eigenvalue weighted by Gasteiger charge is 2.49. The number of carboxylic acid groups (broad SMARTS) is 1. The van der Waals surface area contributed by atoms with Gasteiger partial charge in [-0.2, -0.15) is 0 Å². The Balaban J connectivity index is 2.15. The van der Waals surface area contributed by atoms with E-state index in [2.05, 4.69) is 19.2 Å². The van der Waals surface area contributed by atoms with Gasteiger partial charge in [0.15, 0.2) is 0 Å². The van der Waals surface area contributed by atoms with Crippen LogP contribution in [-0.4, -0.2) is 29.8 Å². The predicted octanol–water partition coefficient (Wildman–Crippen LogP) is 2.72. The second kappa shape index (κ2) is 5.52. The van der Waals surface area contributed by atoms with Crippen LogP contribution < -0.4 is 11.1 Å². The van der Waals surface area contributed by atoms with Crippen molar-refractivity contribution in [1.29, 1.82) is 0 Å². The minimum atomic E-state index is -1.33. The van der Waals surface area contributed by atoms with Crippen LogP contribution in [0.5, 0.6) is 0 Å². The molecule has 0 spiro atoms. The van der Waals surface area contributed by atoms with Gasteiger partial charge in [-0.1, -0.05) is 13.8 Å². The number of hydrogen-bond donors (Lipinski definition) is 3. The molecule has 6 heteroatoms. The summed E-state index contributed by atoms with van der Waals surface area (Å²) in [6.07, 6.45) is 0.965. The molecule has 2 rings (SSSR count). The van der Waals surface area contributed by atoms with Crippen LogP contribution in [0.3, 0.4) is 0 Å². The zero-order valence-corrected chi connectivity index (χ0v) is 12.4. The van der Waals surface area contributed by atoms with Crippen LogP contribution in [0.1, 0.15) is 37.6 Å². The van der Waals surface area contributed by atoms with Crippen LogP contribution in [0.4, 0.5) is 15.8 Å². The molecule has 0 heterocycles. The van der Waals surface area contributed by atoms with Crippen LogP contribution in [0.15, 0.2) is 12.1 Å². The van der Waals surface area contributed by atoms with Crippen LogP contribution in [0, 0.1) is 11.2 Å². The molecule has 21 heavy (non-hydrogen) atoms. The summed E-state index contributed by atoms with van der Waals surface area (Å²) < 4.78 is 19.4. The van der Waals surface area contributed by atoms with Crippen molar-refractivity contribution in [1.82, 2.24) is 0 Å². The number of nitrogens with one attached hydrogen (secondary N) is 1. The minimum Gasteiger partial charge on any atom is -0.478 e. The number of nitrogens with two attached hydrogens (primary N) is 1. The summed E-state index contributed by atoms with van der Waals surface area (Å²) >= 11 is 0. The van der Waals surface area contributed by atoms with Crippen molar-refractivity contribution in [2.24, 2.45) is 5.41 Å². The maximum absolute atomic E-state index is 13.7. The van der Waals surface area contributed by atoms with E-state index in [-0.39, 0.29) is 23.2 Å². The van der Waals surface area contributed by atoms with Crippen LogP contribution in [0.25, 0.3) is 0 Å². The standard InChI is InChI=1S/C15H21FN2O3/c1-4-21-13-7-12(15(13,2)3)18-11-6-9(16)8(14(19)20)5-10(11)17/h5-6,12-13,18H,4,7,17H2,1-3H3,(H,19,20). The molecular formula is C15H21FN2O3. The van der Waals surface area contributed by atoms with Crippen molar-refractivity contribution in [3.05, 3.63) is 23.5 Å². The van der Waals surface area contributed by atoms with Gasteiger partial charge in [0.05, 0.1) is 23.0 Å². The van der Waals surface area contributed by atoms with Crippen molar-refractivity contribution in [3.8, 4) is 0 Å². The normalized spacial score (nSPS) is 23.4. The Labute approximate surface area is 123 Å². The Morgan fingerprint density at radius 3 is 2.76 bits per heavy atom. The molecule has 1 aliphatic carbocycles. The molecule has 5 nitrogen and oxygen atoms in total. The highest BCUT2D eigenvalue weighted by Crippen LogP contribution is 2.45. The Bertz CT molecular complexity index is 560. The summed E-state index contributed by atoms with van der Waals surface area (Å²) in [5.41, 5.74) is 5.95. The molecule has 0 aliphatic heterocycles. The number of hydrogen-bond acceptors (Lipinski definition) is 4. The van der Waals surface area contributed by atoms with Crippen LogP contribution >= 0.6 is 0 Å². The molecule has 1 saturated carbocycles. The van der Waals surface area contributed by atoms with E-state index in [0.29, 0.717) is 12.3 Å². The first-order valence-electron chi connectivity index (χ1n) is 6.97. The molecule has 0 amide bonds. The number of nitrogen functional groups attached to an aromatic ring is 1. The summed E-state index contributed by atoms with van der Waals surface area (Å²) in [5.74, 6) is -2.12. The summed E-state index contributed by atoms with van der Waals surface area (Å²) in [4.78, 5) is 10.9. The summed E-state index contributed by atoms with van der Waals surface area (Å²) in [7, 11) is 0. The second-order valence-corrected chi connectivity index (χ2v) is 5.92. The molecule has 116 valence electrons. The zero-order chi connectivity index (χ0) is 15.8. The molecular weight excluding hydrogens is 275 g/mol. The average Bonchev–Trinajstić information content (AvgIpc) is 2.40. The summed E-state index contributed by atoms with van der Waals surface area (Å²) in [6.45, 7) is 6.76. The summed E-state index contributed by atoms with van der Waals surface area (Å²) in [6, 6.07) is 2.39. The molecule has 2 unspecified atom stereocenters. The van der Waals surface area contributed by atoms with Gasteiger partial charge < -0.3 is 20.9 Å². The van der Waals surface area contributed by atoms with Gasteiger partial charge in [-0.15, -0.1) is 0 Å². The van der Waals surface area contributed by atoms with Crippen molar-refractivity contribution in [3.63, 3.8) is 0 Å². The van der Waals surface area contributed by atoms with Gasteiger partial charge in [0, 0.05) is 18.1 Å². The summed E-state index contributed by atoms with van der Waals surface area (Å²) in [5, 5.41) is 12.1. The van der Waals surface area contributed by atoms with Crippen LogP contribution in [0.2, 0.25) is 0 Å². The van der Waals surface area contributed by atoms with Crippen LogP contribution in [-0.2, 0) is 4.74 Å². The molecule has 0 aromatic heterocycles. The molecule has 2 atom stereocenters. The van der Waals surface area contributed by atoms with E-state index in [0.717, 1.165) is 18.6 Å². The van der Waals surface area contributed by atoms with Crippen molar-refractivity contribution in [2.75, 3.05) is 17.7 Å². The number of carboxylic acids is 1. The highest BCUT2D eigenvalue weighted by atomic mass is 19.1. The molecule has 1 fully saturated rings. The topological polar surface area (TPSA) is 84.6 Å². The van der Waals surface area contributed by atoms with E-state index in [1.165, 1.54) is 0 Å². The molecule has 1 aliphatic rings. The fourth-order valence-corrected chi connectivity index (χ4v) is 2.68. The number of anilines is 2. The van der Waals surface area contributed by atoms with Crippen molar-refractivity contribution >= 4 is 17.3 Å². The van der Waals surface area contributed by atoms with Gasteiger partial charge >= 0.3 is 5.97 Å². The monoisotopic (exact) mass is 296 g/mol. The fraction of sp³-hybridized carbons (Fsp3) is 0.533. The Kier molecular flexibility index (Phi) is 4.09. The van der Waals surface area contributed by atoms with Gasteiger partial charge in [-0.3, -0.25) is 0 Å².